The number of rotatable bonds is 4. The van der Waals surface area contributed by atoms with Crippen molar-refractivity contribution in [3.8, 4) is 0 Å². The van der Waals surface area contributed by atoms with Gasteiger partial charge in [0.25, 0.3) is 0 Å². The molecule has 2 saturated heterocycles. The van der Waals surface area contributed by atoms with Crippen molar-refractivity contribution >= 4 is 23.5 Å². The first kappa shape index (κ1) is 19.9. The summed E-state index contributed by atoms with van der Waals surface area (Å²) in [6, 6.07) is 6.48. The summed E-state index contributed by atoms with van der Waals surface area (Å²) in [4.78, 5) is 4.93. The molecule has 1 aromatic carbocycles. The minimum absolute atomic E-state index is 0.327. The Morgan fingerprint density at radius 3 is 2.29 bits per heavy atom. The first-order chi connectivity index (χ1) is 13.2. The Kier molecular flexibility index (Phi) is 5.07. The lowest BCUT2D eigenvalue weighted by Crippen LogP contribution is -2.45. The van der Waals surface area contributed by atoms with Crippen molar-refractivity contribution in [1.29, 1.82) is 0 Å². The highest BCUT2D eigenvalue weighted by Gasteiger charge is 2.51. The van der Waals surface area contributed by atoms with Crippen molar-refractivity contribution in [2.45, 2.75) is 45.3 Å². The second kappa shape index (κ2) is 7.13. The molecule has 6 nitrogen and oxygen atoms in total. The molecule has 0 radical (unpaired) electrons. The molecule has 0 atom stereocenters. The van der Waals surface area contributed by atoms with Gasteiger partial charge in [-0.3, -0.25) is 4.68 Å². The lowest BCUT2D eigenvalue weighted by atomic mass is 9.78. The van der Waals surface area contributed by atoms with Gasteiger partial charge >= 0.3 is 7.12 Å². The van der Waals surface area contributed by atoms with Gasteiger partial charge < -0.3 is 19.1 Å². The quantitative estimate of drug-likeness (QED) is 0.751. The largest absolute Gasteiger partial charge is 0.494 e. The first-order valence-electron chi connectivity index (χ1n) is 10.4. The van der Waals surface area contributed by atoms with Crippen LogP contribution < -0.4 is 5.46 Å². The smallest absolute Gasteiger partial charge is 0.399 e. The number of likely N-dealkylation sites (N-methyl/N-ethyl adjacent to an activating group) is 1. The minimum atomic E-state index is -0.335. The maximum absolute atomic E-state index is 6.22. The van der Waals surface area contributed by atoms with Gasteiger partial charge in [0.2, 0.25) is 0 Å². The number of nitrogens with zero attached hydrogens (tertiary/aromatic N) is 4. The number of hydrogen-bond acceptors (Lipinski definition) is 5. The zero-order chi connectivity index (χ0) is 20.1. The highest BCUT2D eigenvalue weighted by atomic mass is 16.7. The van der Waals surface area contributed by atoms with Crippen LogP contribution in [0, 0.1) is 0 Å². The monoisotopic (exact) mass is 384 g/mol. The summed E-state index contributed by atoms with van der Waals surface area (Å²) in [7, 11) is 3.88. The van der Waals surface area contributed by atoms with Gasteiger partial charge in [-0.1, -0.05) is 12.1 Å². The Morgan fingerprint density at radius 2 is 1.64 bits per heavy atom. The molecule has 2 aromatic rings. The molecule has 1 aromatic heterocycles. The van der Waals surface area contributed by atoms with Crippen molar-refractivity contribution in [1.82, 2.24) is 19.6 Å². The van der Waals surface area contributed by atoms with E-state index in [2.05, 4.69) is 62.7 Å². The number of hydrogen-bond donors (Lipinski definition) is 0. The number of fused-ring (bicyclic) bond motifs is 1. The minimum Gasteiger partial charge on any atom is -0.399 e. The van der Waals surface area contributed by atoms with Gasteiger partial charge in [-0.25, -0.2) is 0 Å². The normalized spacial score (nSPS) is 23.0. The average Bonchev–Trinajstić information content (AvgIpc) is 3.07. The van der Waals surface area contributed by atoms with E-state index in [0.717, 1.165) is 50.1 Å². The predicted octanol–water partition coefficient (Wildman–Crippen LogP) is 1.66. The summed E-state index contributed by atoms with van der Waals surface area (Å²) >= 11 is 0. The van der Waals surface area contributed by atoms with Gasteiger partial charge in [0.05, 0.1) is 22.4 Å². The van der Waals surface area contributed by atoms with E-state index < -0.39 is 0 Å². The second-order valence-corrected chi connectivity index (χ2v) is 9.33. The Hall–Kier alpha value is -1.41. The molecule has 2 fully saturated rings. The van der Waals surface area contributed by atoms with Crippen molar-refractivity contribution in [2.24, 2.45) is 7.05 Å². The summed E-state index contributed by atoms with van der Waals surface area (Å²) in [5.74, 6) is 0. The van der Waals surface area contributed by atoms with Gasteiger partial charge in [0.1, 0.15) is 0 Å². The van der Waals surface area contributed by atoms with Crippen LogP contribution in [-0.2, 0) is 22.8 Å². The van der Waals surface area contributed by atoms with Crippen LogP contribution in [0.15, 0.2) is 18.2 Å². The standard InChI is InChI=1S/C21H33BN4O2/c1-20(2)21(3,4)28-22(27-20)16-7-8-17-18(23-25(6)19(17)15-16)9-10-26-13-11-24(5)12-14-26/h7-8,15H,9-14H2,1-6H3. The molecule has 0 spiro atoms. The maximum Gasteiger partial charge on any atom is 0.494 e. The second-order valence-electron chi connectivity index (χ2n) is 9.33. The Bertz CT molecular complexity index is 839. The summed E-state index contributed by atoms with van der Waals surface area (Å²) in [5.41, 5.74) is 2.72. The fraction of sp³-hybridized carbons (Fsp3) is 0.667. The molecule has 0 aliphatic carbocycles. The van der Waals surface area contributed by atoms with Crippen molar-refractivity contribution in [3.05, 3.63) is 23.9 Å². The van der Waals surface area contributed by atoms with Gasteiger partial charge in [-0.15, -0.1) is 0 Å². The molecule has 2 aliphatic rings. The fourth-order valence-corrected chi connectivity index (χ4v) is 4.00. The third kappa shape index (κ3) is 3.61. The summed E-state index contributed by atoms with van der Waals surface area (Å²) in [5, 5.41) is 6.05. The van der Waals surface area contributed by atoms with E-state index in [9.17, 15) is 0 Å². The summed E-state index contributed by atoms with van der Waals surface area (Å²) in [6.07, 6.45) is 0.983. The highest BCUT2D eigenvalue weighted by molar-refractivity contribution is 6.62. The molecule has 28 heavy (non-hydrogen) atoms. The maximum atomic E-state index is 6.22. The first-order valence-corrected chi connectivity index (χ1v) is 10.4. The van der Waals surface area contributed by atoms with Gasteiger partial charge in [0, 0.05) is 51.6 Å². The molecule has 0 bridgehead atoms. The summed E-state index contributed by atoms with van der Waals surface area (Å²) < 4.78 is 14.4. The van der Waals surface area contributed by atoms with E-state index >= 15 is 0 Å². The molecule has 0 saturated carbocycles. The number of aromatic nitrogens is 2. The van der Waals surface area contributed by atoms with Crippen molar-refractivity contribution < 1.29 is 9.31 Å². The molecular formula is C21H33BN4O2. The van der Waals surface area contributed by atoms with Crippen LogP contribution in [0.3, 0.4) is 0 Å². The third-order valence-corrected chi connectivity index (χ3v) is 6.74. The van der Waals surface area contributed by atoms with E-state index in [-0.39, 0.29) is 18.3 Å². The Morgan fingerprint density at radius 1 is 1.00 bits per heavy atom. The predicted molar refractivity (Wildman–Crippen MR) is 114 cm³/mol. The van der Waals surface area contributed by atoms with E-state index in [1.165, 1.54) is 11.1 Å². The number of benzene rings is 1. The van der Waals surface area contributed by atoms with Crippen LogP contribution in [0.25, 0.3) is 10.9 Å². The third-order valence-electron chi connectivity index (χ3n) is 6.74. The topological polar surface area (TPSA) is 42.8 Å². The SMILES string of the molecule is CN1CCN(CCc2nn(C)c3cc(B4OC(C)(C)C(C)(C)O4)ccc23)CC1. The van der Waals surface area contributed by atoms with Gasteiger partial charge in [0.15, 0.2) is 0 Å². The van der Waals surface area contributed by atoms with Gasteiger partial charge in [-0.2, -0.15) is 5.10 Å². The lowest BCUT2D eigenvalue weighted by Gasteiger charge is -2.32. The fourth-order valence-electron chi connectivity index (χ4n) is 4.00. The number of aryl methyl sites for hydroxylation is 1. The molecule has 152 valence electrons. The van der Waals surface area contributed by atoms with Crippen molar-refractivity contribution in [2.75, 3.05) is 39.8 Å². The van der Waals surface area contributed by atoms with Crippen LogP contribution in [0.2, 0.25) is 0 Å². The van der Waals surface area contributed by atoms with Crippen LogP contribution in [0.5, 0.6) is 0 Å². The molecular weight excluding hydrogens is 351 g/mol. The summed E-state index contributed by atoms with van der Waals surface area (Å²) in [6.45, 7) is 14.0. The average molecular weight is 384 g/mol. The van der Waals surface area contributed by atoms with Crippen molar-refractivity contribution in [3.63, 3.8) is 0 Å². The molecule has 0 N–H and O–H groups in total. The van der Waals surface area contributed by atoms with Gasteiger partial charge in [-0.05, 0) is 46.3 Å². The van der Waals surface area contributed by atoms with Crippen LogP contribution >= 0.6 is 0 Å². The van der Waals surface area contributed by atoms with Crippen LogP contribution in [-0.4, -0.2) is 77.7 Å². The number of piperazine rings is 1. The van der Waals surface area contributed by atoms with E-state index in [0.29, 0.717) is 0 Å². The van der Waals surface area contributed by atoms with Crippen LogP contribution in [0.4, 0.5) is 0 Å². The molecule has 0 amide bonds. The molecule has 4 rings (SSSR count). The van der Waals surface area contributed by atoms with E-state index in [1.54, 1.807) is 0 Å². The zero-order valence-corrected chi connectivity index (χ0v) is 18.2. The molecule has 3 heterocycles. The zero-order valence-electron chi connectivity index (χ0n) is 18.2. The molecule has 0 unspecified atom stereocenters. The highest BCUT2D eigenvalue weighted by Crippen LogP contribution is 2.36. The van der Waals surface area contributed by atoms with E-state index in [4.69, 9.17) is 14.4 Å². The lowest BCUT2D eigenvalue weighted by molar-refractivity contribution is 0.00578. The van der Waals surface area contributed by atoms with E-state index in [1.807, 2.05) is 11.7 Å². The molecule has 7 heteroatoms. The Labute approximate surface area is 168 Å². The van der Waals surface area contributed by atoms with Crippen LogP contribution in [0.1, 0.15) is 33.4 Å². The Balaban J connectivity index is 1.51. The molecule has 2 aliphatic heterocycles.